The van der Waals surface area contributed by atoms with Crippen molar-refractivity contribution in [3.63, 3.8) is 0 Å². The summed E-state index contributed by atoms with van der Waals surface area (Å²) < 4.78 is 1.63. The van der Waals surface area contributed by atoms with Crippen LogP contribution in [0.3, 0.4) is 0 Å². The largest absolute Gasteiger partial charge is 0.329 e. The number of amides is 2. The second-order valence-corrected chi connectivity index (χ2v) is 4.56. The van der Waals surface area contributed by atoms with Crippen molar-refractivity contribution in [1.29, 1.82) is 0 Å². The van der Waals surface area contributed by atoms with E-state index in [0.717, 1.165) is 22.2 Å². The monoisotopic (exact) mass is 252 g/mol. The molecule has 1 aromatic heterocycles. The summed E-state index contributed by atoms with van der Waals surface area (Å²) in [5, 5.41) is 3.72. The Morgan fingerprint density at radius 2 is 2.29 bits per heavy atom. The maximum absolute atomic E-state index is 11.9. The summed E-state index contributed by atoms with van der Waals surface area (Å²) in [4.78, 5) is 25.0. The topological polar surface area (TPSA) is 81.2 Å². The second-order valence-electron chi connectivity index (χ2n) is 3.57. The van der Waals surface area contributed by atoms with Crippen LogP contribution in [0.2, 0.25) is 0 Å². The Bertz CT molecular complexity index is 494. The summed E-state index contributed by atoms with van der Waals surface area (Å²) in [7, 11) is 1.79. The van der Waals surface area contributed by atoms with Gasteiger partial charge >= 0.3 is 0 Å². The van der Waals surface area contributed by atoms with E-state index in [-0.39, 0.29) is 24.2 Å². The lowest BCUT2D eigenvalue weighted by atomic mass is 10.3. The molecular formula is C10H12N4O2S. The lowest BCUT2D eigenvalue weighted by molar-refractivity contribution is -0.122. The number of aryl methyl sites for hydroxylation is 1. The van der Waals surface area contributed by atoms with Crippen LogP contribution in [-0.2, 0) is 11.8 Å². The Hall–Kier alpha value is -1.60. The first-order chi connectivity index (χ1) is 8.11. The Kier molecular flexibility index (Phi) is 3.30. The molecule has 1 aromatic rings. The van der Waals surface area contributed by atoms with E-state index in [1.807, 2.05) is 0 Å². The van der Waals surface area contributed by atoms with Gasteiger partial charge in [0.1, 0.15) is 0 Å². The summed E-state index contributed by atoms with van der Waals surface area (Å²) in [6, 6.07) is 0. The van der Waals surface area contributed by atoms with Crippen molar-refractivity contribution in [1.82, 2.24) is 14.7 Å². The number of nitrogens with zero attached hydrogens (tertiary/aromatic N) is 3. The zero-order chi connectivity index (χ0) is 12.4. The summed E-state index contributed by atoms with van der Waals surface area (Å²) in [5.41, 5.74) is 6.14. The van der Waals surface area contributed by atoms with E-state index in [4.69, 9.17) is 5.73 Å². The Morgan fingerprint density at radius 3 is 2.88 bits per heavy atom. The van der Waals surface area contributed by atoms with E-state index in [9.17, 15) is 9.59 Å². The van der Waals surface area contributed by atoms with E-state index in [2.05, 4.69) is 5.10 Å². The van der Waals surface area contributed by atoms with E-state index >= 15 is 0 Å². The number of hydrogen-bond donors (Lipinski definition) is 1. The molecule has 0 bridgehead atoms. The van der Waals surface area contributed by atoms with Gasteiger partial charge in [-0.2, -0.15) is 5.10 Å². The fourth-order valence-corrected chi connectivity index (χ4v) is 2.35. The number of rotatable bonds is 3. The Labute approximate surface area is 102 Å². The van der Waals surface area contributed by atoms with Gasteiger partial charge in [-0.15, -0.1) is 0 Å². The first-order valence-electron chi connectivity index (χ1n) is 5.06. The minimum atomic E-state index is -0.283. The van der Waals surface area contributed by atoms with Crippen molar-refractivity contribution in [2.75, 3.05) is 13.1 Å². The average molecular weight is 252 g/mol. The average Bonchev–Trinajstić information content (AvgIpc) is 2.79. The van der Waals surface area contributed by atoms with E-state index in [1.54, 1.807) is 30.2 Å². The molecule has 2 N–H and O–H groups in total. The summed E-state index contributed by atoms with van der Waals surface area (Å²) in [6.45, 7) is 0.535. The zero-order valence-electron chi connectivity index (χ0n) is 9.29. The van der Waals surface area contributed by atoms with Crippen molar-refractivity contribution in [2.45, 2.75) is 0 Å². The molecule has 0 aromatic carbocycles. The van der Waals surface area contributed by atoms with Gasteiger partial charge in [0.2, 0.25) is 0 Å². The van der Waals surface area contributed by atoms with Gasteiger partial charge < -0.3 is 5.73 Å². The molecule has 6 nitrogen and oxygen atoms in total. The Morgan fingerprint density at radius 1 is 1.53 bits per heavy atom. The number of carbonyl (C=O) groups is 2. The highest BCUT2D eigenvalue weighted by atomic mass is 32.2. The minimum absolute atomic E-state index is 0.259. The molecule has 1 fully saturated rings. The van der Waals surface area contributed by atoms with Gasteiger partial charge in [-0.05, 0) is 17.8 Å². The first kappa shape index (κ1) is 11.9. The Balaban J connectivity index is 2.21. The maximum atomic E-state index is 11.9. The molecule has 1 saturated heterocycles. The molecule has 0 radical (unpaired) electrons. The number of imide groups is 1. The standard InChI is InChI=1S/C10H12N4O2S/c1-13-6-7(5-12-13)4-8-9(15)14(3-2-11)10(16)17-8/h4-6H,2-3,11H2,1H3/b8-4-. The number of nitrogens with two attached hydrogens (primary N) is 1. The molecule has 7 heteroatoms. The lowest BCUT2D eigenvalue weighted by Gasteiger charge is -2.09. The third kappa shape index (κ3) is 2.40. The number of thioether (sulfide) groups is 1. The highest BCUT2D eigenvalue weighted by Crippen LogP contribution is 2.31. The quantitative estimate of drug-likeness (QED) is 0.788. The molecule has 0 saturated carbocycles. The summed E-state index contributed by atoms with van der Waals surface area (Å²) in [5.74, 6) is -0.283. The maximum Gasteiger partial charge on any atom is 0.293 e. The van der Waals surface area contributed by atoms with Crippen LogP contribution in [0, 0.1) is 0 Å². The predicted octanol–water partition coefficient (Wildman–Crippen LogP) is 0.415. The van der Waals surface area contributed by atoms with Crippen LogP contribution in [-0.4, -0.2) is 38.9 Å². The molecule has 2 heterocycles. The van der Waals surface area contributed by atoms with Gasteiger partial charge in [-0.1, -0.05) is 0 Å². The number of hydrogen-bond acceptors (Lipinski definition) is 5. The van der Waals surface area contributed by atoms with Crippen molar-refractivity contribution in [3.8, 4) is 0 Å². The van der Waals surface area contributed by atoms with Gasteiger partial charge in [0, 0.05) is 31.9 Å². The third-order valence-corrected chi connectivity index (χ3v) is 3.16. The number of carbonyl (C=O) groups excluding carboxylic acids is 2. The smallest absolute Gasteiger partial charge is 0.293 e. The first-order valence-corrected chi connectivity index (χ1v) is 5.87. The van der Waals surface area contributed by atoms with E-state index in [1.165, 1.54) is 0 Å². The molecule has 2 amide bonds. The van der Waals surface area contributed by atoms with Gasteiger partial charge in [0.15, 0.2) is 0 Å². The summed E-state index contributed by atoms with van der Waals surface area (Å²) in [6.07, 6.45) is 5.07. The van der Waals surface area contributed by atoms with Crippen LogP contribution < -0.4 is 5.73 Å². The van der Waals surface area contributed by atoms with Crippen molar-refractivity contribution < 1.29 is 9.59 Å². The van der Waals surface area contributed by atoms with Crippen LogP contribution in [0.25, 0.3) is 6.08 Å². The fraction of sp³-hybridized carbons (Fsp3) is 0.300. The zero-order valence-corrected chi connectivity index (χ0v) is 10.1. The van der Waals surface area contributed by atoms with E-state index < -0.39 is 0 Å². The second kappa shape index (κ2) is 4.72. The van der Waals surface area contributed by atoms with Gasteiger partial charge in [-0.25, -0.2) is 0 Å². The van der Waals surface area contributed by atoms with Crippen molar-refractivity contribution in [2.24, 2.45) is 12.8 Å². The molecule has 1 aliphatic heterocycles. The highest BCUT2D eigenvalue weighted by Gasteiger charge is 2.34. The fourth-order valence-electron chi connectivity index (χ4n) is 1.49. The molecule has 17 heavy (non-hydrogen) atoms. The molecular weight excluding hydrogens is 240 g/mol. The third-order valence-electron chi connectivity index (χ3n) is 2.25. The SMILES string of the molecule is Cn1cc(/C=C2\SC(=O)N(CCN)C2=O)cn1. The van der Waals surface area contributed by atoms with Crippen molar-refractivity contribution >= 4 is 29.0 Å². The minimum Gasteiger partial charge on any atom is -0.329 e. The van der Waals surface area contributed by atoms with Gasteiger partial charge in [0.05, 0.1) is 11.1 Å². The van der Waals surface area contributed by atoms with Crippen LogP contribution in [0.5, 0.6) is 0 Å². The van der Waals surface area contributed by atoms with E-state index in [0.29, 0.717) is 4.91 Å². The highest BCUT2D eigenvalue weighted by molar-refractivity contribution is 8.18. The van der Waals surface area contributed by atoms with Crippen molar-refractivity contribution in [3.05, 3.63) is 22.9 Å². The molecule has 0 atom stereocenters. The summed E-state index contributed by atoms with van der Waals surface area (Å²) >= 11 is 0.932. The van der Waals surface area contributed by atoms with Gasteiger partial charge in [-0.3, -0.25) is 19.2 Å². The van der Waals surface area contributed by atoms with Crippen LogP contribution in [0.4, 0.5) is 4.79 Å². The molecule has 2 rings (SSSR count). The van der Waals surface area contributed by atoms with Gasteiger partial charge in [0.25, 0.3) is 11.1 Å². The molecule has 0 unspecified atom stereocenters. The number of aromatic nitrogens is 2. The lowest BCUT2D eigenvalue weighted by Crippen LogP contribution is -2.33. The van der Waals surface area contributed by atoms with Crippen LogP contribution >= 0.6 is 11.8 Å². The predicted molar refractivity (Wildman–Crippen MR) is 64.9 cm³/mol. The molecule has 0 spiro atoms. The normalized spacial score (nSPS) is 18.5. The van der Waals surface area contributed by atoms with Crippen LogP contribution in [0.15, 0.2) is 17.3 Å². The molecule has 90 valence electrons. The van der Waals surface area contributed by atoms with Crippen LogP contribution in [0.1, 0.15) is 5.56 Å². The molecule has 1 aliphatic rings. The molecule has 0 aliphatic carbocycles.